The van der Waals surface area contributed by atoms with Gasteiger partial charge >= 0.3 is 0 Å². The van der Waals surface area contributed by atoms with E-state index in [1.54, 1.807) is 0 Å². The van der Waals surface area contributed by atoms with E-state index in [0.29, 0.717) is 6.04 Å². The first-order chi connectivity index (χ1) is 9.36. The van der Waals surface area contributed by atoms with Crippen LogP contribution in [0, 0.1) is 0 Å². The van der Waals surface area contributed by atoms with Gasteiger partial charge in [0.25, 0.3) is 0 Å². The molecule has 0 amide bonds. The molecule has 2 heterocycles. The first-order valence-corrected chi connectivity index (χ1v) is 7.18. The third kappa shape index (κ3) is 2.73. The summed E-state index contributed by atoms with van der Waals surface area (Å²) < 4.78 is 4.50. The molecule has 0 bridgehead atoms. The van der Waals surface area contributed by atoms with Crippen molar-refractivity contribution in [3.8, 4) is 0 Å². The molecule has 1 N–H and O–H groups in total. The molecule has 3 rings (SSSR count). The second-order valence-electron chi connectivity index (χ2n) is 5.36. The van der Waals surface area contributed by atoms with Crippen molar-refractivity contribution in [2.75, 3.05) is 7.05 Å². The highest BCUT2D eigenvalue weighted by Gasteiger charge is 2.20. The third-order valence-corrected chi connectivity index (χ3v) is 4.05. The summed E-state index contributed by atoms with van der Waals surface area (Å²) in [7, 11) is 2.07. The summed E-state index contributed by atoms with van der Waals surface area (Å²) in [4.78, 5) is 4.07. The van der Waals surface area contributed by atoms with Crippen LogP contribution in [-0.4, -0.2) is 21.2 Å². The zero-order valence-corrected chi connectivity index (χ0v) is 11.5. The highest BCUT2D eigenvalue weighted by atomic mass is 15.0. The van der Waals surface area contributed by atoms with E-state index < -0.39 is 0 Å². The van der Waals surface area contributed by atoms with Crippen molar-refractivity contribution < 1.29 is 0 Å². The van der Waals surface area contributed by atoms with Crippen molar-refractivity contribution in [2.24, 2.45) is 0 Å². The van der Waals surface area contributed by atoms with E-state index in [9.17, 15) is 0 Å². The normalized spacial score (nSPS) is 18.5. The second kappa shape index (κ2) is 5.61. The van der Waals surface area contributed by atoms with Gasteiger partial charge < -0.3 is 14.5 Å². The fourth-order valence-corrected chi connectivity index (χ4v) is 3.03. The Kier molecular flexibility index (Phi) is 3.69. The summed E-state index contributed by atoms with van der Waals surface area (Å²) in [6.45, 7) is 2.12. The maximum atomic E-state index is 4.07. The molecule has 2 aromatic rings. The lowest BCUT2D eigenvalue weighted by Crippen LogP contribution is -2.20. The second-order valence-corrected chi connectivity index (χ2v) is 5.36. The fraction of sp³-hybridized carbons (Fsp3) is 0.533. The predicted molar refractivity (Wildman–Crippen MR) is 76.0 cm³/mol. The Balaban J connectivity index is 1.61. The molecule has 0 saturated carbocycles. The Morgan fingerprint density at radius 2 is 2.21 bits per heavy atom. The van der Waals surface area contributed by atoms with Gasteiger partial charge in [-0.2, -0.15) is 0 Å². The molecule has 0 radical (unpaired) electrons. The number of aromatic nitrogens is 3. The predicted octanol–water partition coefficient (Wildman–Crippen LogP) is 2.37. The SMILES string of the molecule is CNC1CCCc2cn(CCCn3ccnc3)cc21. The van der Waals surface area contributed by atoms with Crippen LogP contribution in [0.4, 0.5) is 0 Å². The third-order valence-electron chi connectivity index (χ3n) is 4.05. The standard InChI is InChI=1S/C15H22N4/c1-16-15-5-2-4-13-10-19(11-14(13)15)8-3-7-18-9-6-17-12-18/h6,9-12,15-16H,2-5,7-8H2,1H3. The molecule has 1 atom stereocenters. The number of imidazole rings is 1. The number of fused-ring (bicyclic) bond motifs is 1. The zero-order valence-electron chi connectivity index (χ0n) is 11.5. The van der Waals surface area contributed by atoms with Gasteiger partial charge in [0, 0.05) is 43.9 Å². The lowest BCUT2D eigenvalue weighted by Gasteiger charge is -2.21. The average molecular weight is 258 g/mol. The van der Waals surface area contributed by atoms with Crippen molar-refractivity contribution >= 4 is 0 Å². The van der Waals surface area contributed by atoms with Gasteiger partial charge in [-0.1, -0.05) is 0 Å². The first-order valence-electron chi connectivity index (χ1n) is 7.18. The molecular formula is C15H22N4. The maximum Gasteiger partial charge on any atom is 0.0945 e. The van der Waals surface area contributed by atoms with Crippen molar-refractivity contribution in [1.29, 1.82) is 0 Å². The lowest BCUT2D eigenvalue weighted by molar-refractivity contribution is 0.498. The molecule has 0 fully saturated rings. The highest BCUT2D eigenvalue weighted by Crippen LogP contribution is 2.30. The van der Waals surface area contributed by atoms with E-state index in [1.165, 1.54) is 30.4 Å². The zero-order chi connectivity index (χ0) is 13.1. The topological polar surface area (TPSA) is 34.8 Å². The highest BCUT2D eigenvalue weighted by molar-refractivity contribution is 5.30. The van der Waals surface area contributed by atoms with E-state index in [-0.39, 0.29) is 0 Å². The van der Waals surface area contributed by atoms with E-state index >= 15 is 0 Å². The molecule has 19 heavy (non-hydrogen) atoms. The van der Waals surface area contributed by atoms with E-state index in [2.05, 4.69) is 38.9 Å². The van der Waals surface area contributed by atoms with Crippen LogP contribution < -0.4 is 5.32 Å². The Morgan fingerprint density at radius 1 is 1.32 bits per heavy atom. The average Bonchev–Trinajstić information content (AvgIpc) is 3.06. The molecule has 4 heteroatoms. The van der Waals surface area contributed by atoms with Crippen LogP contribution >= 0.6 is 0 Å². The summed E-state index contributed by atoms with van der Waals surface area (Å²) >= 11 is 0. The summed E-state index contributed by atoms with van der Waals surface area (Å²) in [5.74, 6) is 0. The van der Waals surface area contributed by atoms with Gasteiger partial charge in [-0.3, -0.25) is 0 Å². The van der Waals surface area contributed by atoms with E-state index in [1.807, 2.05) is 18.7 Å². The van der Waals surface area contributed by atoms with Crippen LogP contribution in [0.3, 0.4) is 0 Å². The van der Waals surface area contributed by atoms with Gasteiger partial charge in [0.05, 0.1) is 6.33 Å². The number of hydrogen-bond donors (Lipinski definition) is 1. The number of nitrogens with zero attached hydrogens (tertiary/aromatic N) is 3. The smallest absolute Gasteiger partial charge is 0.0945 e. The molecule has 0 aromatic carbocycles. The molecule has 1 aliphatic rings. The lowest BCUT2D eigenvalue weighted by atomic mass is 9.91. The molecule has 0 aliphatic heterocycles. The van der Waals surface area contributed by atoms with Gasteiger partial charge in [0.1, 0.15) is 0 Å². The van der Waals surface area contributed by atoms with Gasteiger partial charge in [0.15, 0.2) is 0 Å². The molecule has 1 unspecified atom stereocenters. The Hall–Kier alpha value is -1.55. The van der Waals surface area contributed by atoms with Crippen LogP contribution in [0.1, 0.15) is 36.4 Å². The van der Waals surface area contributed by atoms with Gasteiger partial charge in [0.2, 0.25) is 0 Å². The molecular weight excluding hydrogens is 236 g/mol. The molecule has 0 saturated heterocycles. The summed E-state index contributed by atoms with van der Waals surface area (Å²) in [6.07, 6.45) is 15.4. The molecule has 0 spiro atoms. The molecule has 102 valence electrons. The van der Waals surface area contributed by atoms with Crippen molar-refractivity contribution in [2.45, 2.75) is 44.8 Å². The van der Waals surface area contributed by atoms with Gasteiger partial charge in [-0.05, 0) is 43.9 Å². The monoisotopic (exact) mass is 258 g/mol. The molecule has 2 aromatic heterocycles. The Labute approximate surface area is 114 Å². The van der Waals surface area contributed by atoms with Crippen molar-refractivity contribution in [1.82, 2.24) is 19.4 Å². The number of rotatable bonds is 5. The van der Waals surface area contributed by atoms with Crippen molar-refractivity contribution in [3.63, 3.8) is 0 Å². The molecule has 4 nitrogen and oxygen atoms in total. The summed E-state index contributed by atoms with van der Waals surface area (Å²) in [5, 5.41) is 3.43. The first kappa shape index (κ1) is 12.5. The van der Waals surface area contributed by atoms with Crippen LogP contribution in [0.15, 0.2) is 31.1 Å². The Bertz CT molecular complexity index is 512. The van der Waals surface area contributed by atoms with Gasteiger partial charge in [-0.25, -0.2) is 4.98 Å². The fourth-order valence-electron chi connectivity index (χ4n) is 3.03. The minimum absolute atomic E-state index is 0.554. The van der Waals surface area contributed by atoms with Crippen LogP contribution in [-0.2, 0) is 19.5 Å². The van der Waals surface area contributed by atoms with E-state index in [4.69, 9.17) is 0 Å². The molecule has 1 aliphatic carbocycles. The summed E-state index contributed by atoms with van der Waals surface area (Å²) in [5.41, 5.74) is 3.05. The van der Waals surface area contributed by atoms with Crippen LogP contribution in [0.2, 0.25) is 0 Å². The minimum atomic E-state index is 0.554. The summed E-state index contributed by atoms with van der Waals surface area (Å²) in [6, 6.07) is 0.554. The van der Waals surface area contributed by atoms with E-state index in [0.717, 1.165) is 19.5 Å². The van der Waals surface area contributed by atoms with Crippen LogP contribution in [0.25, 0.3) is 0 Å². The number of nitrogens with one attached hydrogen (secondary N) is 1. The maximum absolute atomic E-state index is 4.07. The largest absolute Gasteiger partial charge is 0.354 e. The number of aryl methyl sites for hydroxylation is 3. The van der Waals surface area contributed by atoms with Gasteiger partial charge in [-0.15, -0.1) is 0 Å². The quantitative estimate of drug-likeness (QED) is 0.893. The van der Waals surface area contributed by atoms with Crippen molar-refractivity contribution in [3.05, 3.63) is 42.2 Å². The van der Waals surface area contributed by atoms with Crippen LogP contribution in [0.5, 0.6) is 0 Å². The minimum Gasteiger partial charge on any atom is -0.354 e. The Morgan fingerprint density at radius 3 is 3.00 bits per heavy atom. The number of hydrogen-bond acceptors (Lipinski definition) is 2.